The number of halogens is 1. The molecule has 4 heteroatoms. The molecule has 0 heterocycles. The van der Waals surface area contributed by atoms with E-state index >= 15 is 0 Å². The summed E-state index contributed by atoms with van der Waals surface area (Å²) in [7, 11) is 1.47. The van der Waals surface area contributed by atoms with Gasteiger partial charge in [0.1, 0.15) is 5.88 Å². The van der Waals surface area contributed by atoms with Crippen LogP contribution in [0.2, 0.25) is 0 Å². The van der Waals surface area contributed by atoms with Crippen molar-refractivity contribution in [3.05, 3.63) is 35.9 Å². The molecule has 0 saturated heterocycles. The van der Waals surface area contributed by atoms with Gasteiger partial charge in [-0.15, -0.1) is 11.6 Å². The minimum absolute atomic E-state index is 0.174. The second kappa shape index (κ2) is 5.62. The fraction of sp³-hybridized carbons (Fsp3) is 0.300. The van der Waals surface area contributed by atoms with Crippen LogP contribution in [-0.4, -0.2) is 19.0 Å². The lowest BCUT2D eigenvalue weighted by Gasteiger charge is -2.15. The summed E-state index contributed by atoms with van der Waals surface area (Å²) in [6.45, 7) is 0. The second-order valence-electron chi connectivity index (χ2n) is 2.60. The van der Waals surface area contributed by atoms with Crippen molar-refractivity contribution in [2.24, 2.45) is 0 Å². The molecule has 76 valence electrons. The summed E-state index contributed by atoms with van der Waals surface area (Å²) in [4.78, 5) is 10.9. The van der Waals surface area contributed by atoms with Crippen molar-refractivity contribution in [3.63, 3.8) is 0 Å². The SMILES string of the molecule is COC(OC(=O)CCl)c1ccccc1. The highest BCUT2D eigenvalue weighted by atomic mass is 35.5. The highest BCUT2D eigenvalue weighted by Crippen LogP contribution is 2.17. The first-order chi connectivity index (χ1) is 6.77. The third-order valence-corrected chi connectivity index (χ3v) is 1.85. The number of ether oxygens (including phenoxy) is 2. The van der Waals surface area contributed by atoms with Gasteiger partial charge in [-0.2, -0.15) is 0 Å². The monoisotopic (exact) mass is 214 g/mol. The van der Waals surface area contributed by atoms with E-state index in [1.54, 1.807) is 0 Å². The van der Waals surface area contributed by atoms with Gasteiger partial charge in [-0.05, 0) is 0 Å². The predicted octanol–water partition coefficient (Wildman–Crippen LogP) is 2.11. The number of esters is 1. The Kier molecular flexibility index (Phi) is 4.43. The number of methoxy groups -OCH3 is 1. The van der Waals surface area contributed by atoms with E-state index in [1.165, 1.54) is 7.11 Å². The predicted molar refractivity (Wildman–Crippen MR) is 53.0 cm³/mol. The molecule has 1 atom stereocenters. The number of rotatable bonds is 4. The quantitative estimate of drug-likeness (QED) is 0.438. The Morgan fingerprint density at radius 3 is 2.57 bits per heavy atom. The molecule has 1 unspecified atom stereocenters. The highest BCUT2D eigenvalue weighted by Gasteiger charge is 2.14. The zero-order chi connectivity index (χ0) is 10.4. The number of benzene rings is 1. The van der Waals surface area contributed by atoms with E-state index in [9.17, 15) is 4.79 Å². The first-order valence-corrected chi connectivity index (χ1v) is 4.64. The number of alkyl halides is 1. The van der Waals surface area contributed by atoms with Crippen LogP contribution >= 0.6 is 11.6 Å². The van der Waals surface area contributed by atoms with Gasteiger partial charge >= 0.3 is 5.97 Å². The zero-order valence-electron chi connectivity index (χ0n) is 7.77. The summed E-state index contributed by atoms with van der Waals surface area (Å²) in [5, 5.41) is 0. The molecule has 0 bridgehead atoms. The molecule has 0 N–H and O–H groups in total. The third kappa shape index (κ3) is 3.01. The molecular formula is C10H11ClO3. The Labute approximate surface area is 87.6 Å². The zero-order valence-corrected chi connectivity index (χ0v) is 8.53. The molecule has 3 nitrogen and oxygen atoms in total. The molecule has 0 fully saturated rings. The maximum Gasteiger partial charge on any atom is 0.323 e. The van der Waals surface area contributed by atoms with Crippen LogP contribution in [-0.2, 0) is 14.3 Å². The molecule has 0 amide bonds. The number of carbonyl (C=O) groups is 1. The van der Waals surface area contributed by atoms with Crippen LogP contribution < -0.4 is 0 Å². The molecule has 0 aliphatic carbocycles. The molecule has 1 aromatic carbocycles. The van der Waals surface area contributed by atoms with Crippen molar-refractivity contribution in [2.75, 3.05) is 13.0 Å². The Hall–Kier alpha value is -1.06. The van der Waals surface area contributed by atoms with E-state index in [2.05, 4.69) is 0 Å². The van der Waals surface area contributed by atoms with Crippen LogP contribution in [0.25, 0.3) is 0 Å². The average molecular weight is 215 g/mol. The van der Waals surface area contributed by atoms with Gasteiger partial charge in [0.05, 0.1) is 0 Å². The first kappa shape index (κ1) is 11.0. The fourth-order valence-electron chi connectivity index (χ4n) is 1.01. The summed E-state index contributed by atoms with van der Waals surface area (Å²) in [5.74, 6) is -0.672. The fourth-order valence-corrected chi connectivity index (χ4v) is 1.08. The molecule has 14 heavy (non-hydrogen) atoms. The number of hydrogen-bond donors (Lipinski definition) is 0. The maximum absolute atomic E-state index is 10.9. The smallest absolute Gasteiger partial charge is 0.323 e. The van der Waals surface area contributed by atoms with Crippen molar-refractivity contribution in [2.45, 2.75) is 6.29 Å². The van der Waals surface area contributed by atoms with Crippen LogP contribution in [0.4, 0.5) is 0 Å². The van der Waals surface area contributed by atoms with Crippen LogP contribution in [0.15, 0.2) is 30.3 Å². The third-order valence-electron chi connectivity index (χ3n) is 1.63. The van der Waals surface area contributed by atoms with Crippen molar-refractivity contribution >= 4 is 17.6 Å². The summed E-state index contributed by atoms with van der Waals surface area (Å²) in [6, 6.07) is 9.19. The largest absolute Gasteiger partial charge is 0.430 e. The summed E-state index contributed by atoms with van der Waals surface area (Å²) < 4.78 is 9.95. The lowest BCUT2D eigenvalue weighted by Crippen LogP contribution is -2.13. The van der Waals surface area contributed by atoms with Crippen LogP contribution in [0, 0.1) is 0 Å². The van der Waals surface area contributed by atoms with E-state index in [0.717, 1.165) is 5.56 Å². The van der Waals surface area contributed by atoms with Gasteiger partial charge in [0, 0.05) is 12.7 Å². The van der Waals surface area contributed by atoms with E-state index in [0.29, 0.717) is 0 Å². The molecular weight excluding hydrogens is 204 g/mol. The van der Waals surface area contributed by atoms with Gasteiger partial charge in [-0.3, -0.25) is 4.79 Å². The second-order valence-corrected chi connectivity index (χ2v) is 2.87. The van der Waals surface area contributed by atoms with Crippen molar-refractivity contribution in [3.8, 4) is 0 Å². The van der Waals surface area contributed by atoms with Gasteiger partial charge in [0.25, 0.3) is 0 Å². The molecule has 0 aliphatic heterocycles. The number of carbonyl (C=O) groups excluding carboxylic acids is 1. The van der Waals surface area contributed by atoms with Gasteiger partial charge in [-0.1, -0.05) is 30.3 Å². The van der Waals surface area contributed by atoms with E-state index in [1.807, 2.05) is 30.3 Å². The molecule has 0 aromatic heterocycles. The normalized spacial score (nSPS) is 12.1. The van der Waals surface area contributed by atoms with Crippen LogP contribution in [0.3, 0.4) is 0 Å². The van der Waals surface area contributed by atoms with Gasteiger partial charge in [0.2, 0.25) is 6.29 Å². The standard InChI is InChI=1S/C10H11ClO3/c1-13-10(14-9(12)7-11)8-5-3-2-4-6-8/h2-6,10H,7H2,1H3. The summed E-state index contributed by atoms with van der Waals surface area (Å²) in [6.07, 6.45) is -0.678. The average Bonchev–Trinajstić information content (AvgIpc) is 2.26. The molecule has 1 aromatic rings. The summed E-state index contributed by atoms with van der Waals surface area (Å²) >= 11 is 5.31. The maximum atomic E-state index is 10.9. The lowest BCUT2D eigenvalue weighted by atomic mass is 10.2. The minimum atomic E-state index is -0.678. The summed E-state index contributed by atoms with van der Waals surface area (Å²) in [5.41, 5.74) is 0.786. The molecule has 0 spiro atoms. The van der Waals surface area contributed by atoms with Crippen LogP contribution in [0.5, 0.6) is 0 Å². The minimum Gasteiger partial charge on any atom is -0.430 e. The van der Waals surface area contributed by atoms with E-state index in [-0.39, 0.29) is 5.88 Å². The highest BCUT2D eigenvalue weighted by molar-refractivity contribution is 6.26. The Morgan fingerprint density at radius 2 is 2.07 bits per heavy atom. The number of hydrogen-bond acceptors (Lipinski definition) is 3. The molecule has 1 rings (SSSR count). The Morgan fingerprint density at radius 1 is 1.43 bits per heavy atom. The van der Waals surface area contributed by atoms with Crippen molar-refractivity contribution in [1.29, 1.82) is 0 Å². The molecule has 0 saturated carbocycles. The van der Waals surface area contributed by atoms with Crippen LogP contribution in [0.1, 0.15) is 11.9 Å². The van der Waals surface area contributed by atoms with Gasteiger partial charge in [0.15, 0.2) is 0 Å². The lowest BCUT2D eigenvalue weighted by molar-refractivity contribution is -0.172. The van der Waals surface area contributed by atoms with E-state index in [4.69, 9.17) is 21.1 Å². The molecule has 0 radical (unpaired) electrons. The van der Waals surface area contributed by atoms with Crippen molar-refractivity contribution < 1.29 is 14.3 Å². The molecule has 0 aliphatic rings. The van der Waals surface area contributed by atoms with Crippen molar-refractivity contribution in [1.82, 2.24) is 0 Å². The Bertz CT molecular complexity index is 287. The van der Waals surface area contributed by atoms with Gasteiger partial charge in [-0.25, -0.2) is 0 Å². The van der Waals surface area contributed by atoms with E-state index < -0.39 is 12.3 Å². The Balaban J connectivity index is 2.68. The van der Waals surface area contributed by atoms with Gasteiger partial charge < -0.3 is 9.47 Å². The first-order valence-electron chi connectivity index (χ1n) is 4.11. The topological polar surface area (TPSA) is 35.5 Å².